The zero-order valence-electron chi connectivity index (χ0n) is 10.1. The molecule has 0 aliphatic carbocycles. The van der Waals surface area contributed by atoms with Gasteiger partial charge in [0.1, 0.15) is 0 Å². The van der Waals surface area contributed by atoms with Crippen LogP contribution in [0.2, 0.25) is 0 Å². The molecule has 2 N–H and O–H groups in total. The molecule has 0 spiro atoms. The number of carbonyl (C=O) groups excluding carboxylic acids is 1. The van der Waals surface area contributed by atoms with Crippen LogP contribution < -0.4 is 10.6 Å². The Morgan fingerprint density at radius 2 is 2.06 bits per heavy atom. The van der Waals surface area contributed by atoms with E-state index in [0.29, 0.717) is 6.54 Å². The van der Waals surface area contributed by atoms with Crippen LogP contribution in [0, 0.1) is 0 Å². The van der Waals surface area contributed by atoms with Crippen LogP contribution in [-0.2, 0) is 11.3 Å². The molecule has 1 saturated heterocycles. The number of carbonyl (C=O) groups is 1. The van der Waals surface area contributed by atoms with E-state index in [2.05, 4.69) is 15.6 Å². The molecule has 1 aromatic heterocycles. The van der Waals surface area contributed by atoms with Crippen LogP contribution >= 0.6 is 24.8 Å². The molecule has 0 saturated carbocycles. The first-order chi connectivity index (χ1) is 7.86. The van der Waals surface area contributed by atoms with Gasteiger partial charge in [-0.25, -0.2) is 0 Å². The summed E-state index contributed by atoms with van der Waals surface area (Å²) in [5.74, 6) is 0.108. The summed E-state index contributed by atoms with van der Waals surface area (Å²) in [6.07, 6.45) is 6.73. The first-order valence-corrected chi connectivity index (χ1v) is 5.76. The largest absolute Gasteiger partial charge is 0.351 e. The van der Waals surface area contributed by atoms with Crippen molar-refractivity contribution in [3.63, 3.8) is 0 Å². The van der Waals surface area contributed by atoms with Crippen molar-refractivity contribution in [2.45, 2.75) is 31.8 Å². The molecule has 2 rings (SSSR count). The highest BCUT2D eigenvalue weighted by Crippen LogP contribution is 2.07. The summed E-state index contributed by atoms with van der Waals surface area (Å²) in [4.78, 5) is 15.7. The van der Waals surface area contributed by atoms with Gasteiger partial charge in [0, 0.05) is 18.9 Å². The molecule has 2 heterocycles. The number of rotatable bonds is 3. The number of nitrogens with one attached hydrogen (secondary N) is 2. The van der Waals surface area contributed by atoms with Crippen molar-refractivity contribution in [3.8, 4) is 0 Å². The summed E-state index contributed by atoms with van der Waals surface area (Å²) in [5, 5.41) is 6.17. The van der Waals surface area contributed by atoms with E-state index in [9.17, 15) is 4.79 Å². The first kappa shape index (κ1) is 17.2. The zero-order chi connectivity index (χ0) is 11.2. The van der Waals surface area contributed by atoms with E-state index in [1.165, 1.54) is 6.42 Å². The second-order valence-electron chi connectivity index (χ2n) is 4.08. The normalized spacial score (nSPS) is 18.1. The van der Waals surface area contributed by atoms with E-state index >= 15 is 0 Å². The van der Waals surface area contributed by atoms with Crippen molar-refractivity contribution in [1.82, 2.24) is 15.6 Å². The number of piperidine rings is 1. The number of aromatic nitrogens is 1. The van der Waals surface area contributed by atoms with Gasteiger partial charge in [0.25, 0.3) is 0 Å². The van der Waals surface area contributed by atoms with Crippen molar-refractivity contribution in [1.29, 1.82) is 0 Å². The van der Waals surface area contributed by atoms with E-state index in [-0.39, 0.29) is 36.8 Å². The Balaban J connectivity index is 0.00000144. The smallest absolute Gasteiger partial charge is 0.237 e. The van der Waals surface area contributed by atoms with E-state index in [1.807, 2.05) is 12.1 Å². The molecule has 1 fully saturated rings. The van der Waals surface area contributed by atoms with Crippen LogP contribution in [-0.4, -0.2) is 23.5 Å². The van der Waals surface area contributed by atoms with Crippen LogP contribution in [0.1, 0.15) is 24.8 Å². The van der Waals surface area contributed by atoms with Gasteiger partial charge in [-0.05, 0) is 37.1 Å². The fourth-order valence-corrected chi connectivity index (χ4v) is 1.89. The fourth-order valence-electron chi connectivity index (χ4n) is 1.89. The Kier molecular flexibility index (Phi) is 8.71. The van der Waals surface area contributed by atoms with Crippen molar-refractivity contribution in [3.05, 3.63) is 30.1 Å². The van der Waals surface area contributed by atoms with Crippen molar-refractivity contribution < 1.29 is 4.79 Å². The van der Waals surface area contributed by atoms with Gasteiger partial charge in [-0.1, -0.05) is 6.42 Å². The predicted octanol–water partition coefficient (Wildman–Crippen LogP) is 1.68. The maximum absolute atomic E-state index is 11.8. The van der Waals surface area contributed by atoms with E-state index < -0.39 is 0 Å². The van der Waals surface area contributed by atoms with Crippen molar-refractivity contribution in [2.24, 2.45) is 0 Å². The van der Waals surface area contributed by atoms with Crippen LogP contribution in [0.4, 0.5) is 0 Å². The molecule has 1 aliphatic heterocycles. The third-order valence-electron chi connectivity index (χ3n) is 2.84. The summed E-state index contributed by atoms with van der Waals surface area (Å²) in [7, 11) is 0. The van der Waals surface area contributed by atoms with E-state index in [1.54, 1.807) is 12.4 Å². The molecule has 4 nitrogen and oxygen atoms in total. The standard InChI is InChI=1S/C12H17N3O.2ClH/c16-12(11-3-1-2-6-14-11)15-9-10-4-7-13-8-5-10;;/h4-5,7-8,11,14H,1-3,6,9H2,(H,15,16);2*1H/t11-;;/m1../s1. The molecule has 0 unspecified atom stereocenters. The van der Waals surface area contributed by atoms with Crippen LogP contribution in [0.15, 0.2) is 24.5 Å². The molecule has 1 atom stereocenters. The summed E-state index contributed by atoms with van der Waals surface area (Å²) >= 11 is 0. The van der Waals surface area contributed by atoms with Gasteiger partial charge in [0.15, 0.2) is 0 Å². The average Bonchev–Trinajstić information content (AvgIpc) is 2.38. The highest BCUT2D eigenvalue weighted by Gasteiger charge is 2.19. The predicted molar refractivity (Wildman–Crippen MR) is 76.2 cm³/mol. The maximum atomic E-state index is 11.8. The number of nitrogens with zero attached hydrogens (tertiary/aromatic N) is 1. The molecule has 0 bridgehead atoms. The van der Waals surface area contributed by atoms with Crippen molar-refractivity contribution in [2.75, 3.05) is 6.54 Å². The fraction of sp³-hybridized carbons (Fsp3) is 0.500. The lowest BCUT2D eigenvalue weighted by molar-refractivity contribution is -0.123. The second kappa shape index (κ2) is 9.14. The van der Waals surface area contributed by atoms with Gasteiger partial charge in [0.2, 0.25) is 5.91 Å². The van der Waals surface area contributed by atoms with Gasteiger partial charge in [0.05, 0.1) is 6.04 Å². The van der Waals surface area contributed by atoms with Crippen LogP contribution in [0.25, 0.3) is 0 Å². The Bertz CT molecular complexity index is 342. The third-order valence-corrected chi connectivity index (χ3v) is 2.84. The number of amides is 1. The monoisotopic (exact) mass is 291 g/mol. The second-order valence-corrected chi connectivity index (χ2v) is 4.08. The molecular weight excluding hydrogens is 273 g/mol. The Hall–Kier alpha value is -0.840. The molecule has 102 valence electrons. The minimum Gasteiger partial charge on any atom is -0.351 e. The molecule has 0 aromatic carbocycles. The molecular formula is C12H19Cl2N3O. The average molecular weight is 292 g/mol. The SMILES string of the molecule is Cl.Cl.O=C(NCc1ccncc1)[C@H]1CCCCN1. The molecule has 1 aliphatic rings. The summed E-state index contributed by atoms with van der Waals surface area (Å²) in [6, 6.07) is 3.82. The van der Waals surface area contributed by atoms with Crippen LogP contribution in [0.5, 0.6) is 0 Å². The minimum atomic E-state index is -0.00409. The molecule has 1 amide bonds. The van der Waals surface area contributed by atoms with E-state index in [4.69, 9.17) is 0 Å². The maximum Gasteiger partial charge on any atom is 0.237 e. The van der Waals surface area contributed by atoms with Gasteiger partial charge in [-0.3, -0.25) is 9.78 Å². The zero-order valence-corrected chi connectivity index (χ0v) is 11.7. The van der Waals surface area contributed by atoms with Gasteiger partial charge >= 0.3 is 0 Å². The molecule has 18 heavy (non-hydrogen) atoms. The summed E-state index contributed by atoms with van der Waals surface area (Å²) < 4.78 is 0. The van der Waals surface area contributed by atoms with E-state index in [0.717, 1.165) is 24.9 Å². The lowest BCUT2D eigenvalue weighted by Gasteiger charge is -2.22. The third kappa shape index (κ3) is 5.21. The summed E-state index contributed by atoms with van der Waals surface area (Å²) in [6.45, 7) is 1.53. The molecule has 6 heteroatoms. The van der Waals surface area contributed by atoms with Crippen LogP contribution in [0.3, 0.4) is 0 Å². The lowest BCUT2D eigenvalue weighted by Crippen LogP contribution is -2.46. The van der Waals surface area contributed by atoms with Crippen molar-refractivity contribution >= 4 is 30.7 Å². The topological polar surface area (TPSA) is 54.0 Å². The summed E-state index contributed by atoms with van der Waals surface area (Å²) in [5.41, 5.74) is 1.08. The Labute approximate surface area is 120 Å². The highest BCUT2D eigenvalue weighted by atomic mass is 35.5. The number of pyridine rings is 1. The minimum absolute atomic E-state index is 0. The van der Waals surface area contributed by atoms with Gasteiger partial charge < -0.3 is 10.6 Å². The van der Waals surface area contributed by atoms with Gasteiger partial charge in [-0.2, -0.15) is 0 Å². The number of hydrogen-bond donors (Lipinski definition) is 2. The molecule has 1 aromatic rings. The first-order valence-electron chi connectivity index (χ1n) is 5.76. The van der Waals surface area contributed by atoms with Gasteiger partial charge in [-0.15, -0.1) is 24.8 Å². The number of hydrogen-bond acceptors (Lipinski definition) is 3. The number of halogens is 2. The highest BCUT2D eigenvalue weighted by molar-refractivity contribution is 5.85. The Morgan fingerprint density at radius 1 is 1.33 bits per heavy atom. The Morgan fingerprint density at radius 3 is 2.67 bits per heavy atom. The quantitative estimate of drug-likeness (QED) is 0.891. The lowest BCUT2D eigenvalue weighted by atomic mass is 10.0. The molecule has 0 radical (unpaired) electrons.